The molecule has 6 heteroatoms. The fraction of sp³-hybridized carbons (Fsp3) is 1.00. The summed E-state index contributed by atoms with van der Waals surface area (Å²) in [6, 6.07) is 0. The van der Waals surface area contributed by atoms with Crippen LogP contribution in [-0.4, -0.2) is 39.9 Å². The average molecular weight is 249 g/mol. The summed E-state index contributed by atoms with van der Waals surface area (Å²) in [4.78, 5) is 0. The van der Waals surface area contributed by atoms with Gasteiger partial charge in [-0.15, -0.1) is 0 Å². The highest BCUT2D eigenvalue weighted by molar-refractivity contribution is 7.87. The molecule has 0 aliphatic heterocycles. The van der Waals surface area contributed by atoms with E-state index in [1.54, 1.807) is 0 Å². The Kier molecular flexibility index (Phi) is 5.17. The van der Waals surface area contributed by atoms with Crippen LogP contribution in [0.4, 0.5) is 0 Å². The third-order valence-corrected chi connectivity index (χ3v) is 4.83. The van der Waals surface area contributed by atoms with Crippen LogP contribution in [0.2, 0.25) is 0 Å². The smallest absolute Gasteiger partial charge is 0.278 e. The molecule has 0 atom stereocenters. The normalized spacial score (nSPS) is 27.2. The van der Waals surface area contributed by atoms with E-state index in [4.69, 9.17) is 5.73 Å². The summed E-state index contributed by atoms with van der Waals surface area (Å²) in [5.41, 5.74) is 5.61. The molecule has 0 amide bonds. The van der Waals surface area contributed by atoms with Gasteiger partial charge in [0.25, 0.3) is 10.2 Å². The Morgan fingerprint density at radius 1 is 1.19 bits per heavy atom. The second kappa shape index (κ2) is 5.95. The molecule has 0 radical (unpaired) electrons. The van der Waals surface area contributed by atoms with E-state index in [0.717, 1.165) is 32.2 Å². The van der Waals surface area contributed by atoms with E-state index in [9.17, 15) is 8.42 Å². The van der Waals surface area contributed by atoms with Crippen molar-refractivity contribution in [2.75, 3.05) is 27.2 Å². The van der Waals surface area contributed by atoms with Crippen molar-refractivity contribution < 1.29 is 8.42 Å². The summed E-state index contributed by atoms with van der Waals surface area (Å²) >= 11 is 0. The van der Waals surface area contributed by atoms with Gasteiger partial charge >= 0.3 is 0 Å². The first-order chi connectivity index (χ1) is 7.45. The molecule has 0 aromatic carbocycles. The summed E-state index contributed by atoms with van der Waals surface area (Å²) in [5.74, 6) is 1.11. The Bertz CT molecular complexity index is 295. The highest BCUT2D eigenvalue weighted by Gasteiger charge is 2.22. The highest BCUT2D eigenvalue weighted by atomic mass is 32.2. The van der Waals surface area contributed by atoms with E-state index >= 15 is 0 Å². The van der Waals surface area contributed by atoms with E-state index in [-0.39, 0.29) is 0 Å². The van der Waals surface area contributed by atoms with Crippen LogP contribution >= 0.6 is 0 Å². The van der Waals surface area contributed by atoms with Crippen molar-refractivity contribution in [2.24, 2.45) is 17.6 Å². The molecule has 1 rings (SSSR count). The van der Waals surface area contributed by atoms with Gasteiger partial charge in [0.1, 0.15) is 0 Å². The molecule has 1 fully saturated rings. The van der Waals surface area contributed by atoms with Crippen LogP contribution in [-0.2, 0) is 10.2 Å². The fourth-order valence-electron chi connectivity index (χ4n) is 2.02. The lowest BCUT2D eigenvalue weighted by Gasteiger charge is -2.28. The third-order valence-electron chi connectivity index (χ3n) is 3.33. The second-order valence-electron chi connectivity index (χ2n) is 4.76. The van der Waals surface area contributed by atoms with Crippen molar-refractivity contribution in [3.63, 3.8) is 0 Å². The molecule has 0 unspecified atom stereocenters. The van der Waals surface area contributed by atoms with Gasteiger partial charge in [-0.3, -0.25) is 0 Å². The molecule has 16 heavy (non-hydrogen) atoms. The average Bonchev–Trinajstić information content (AvgIpc) is 2.27. The highest BCUT2D eigenvalue weighted by Crippen LogP contribution is 2.27. The summed E-state index contributed by atoms with van der Waals surface area (Å²) in [5, 5.41) is 0. The molecule has 1 saturated carbocycles. The molecular weight excluding hydrogens is 226 g/mol. The third kappa shape index (κ3) is 4.01. The van der Waals surface area contributed by atoms with Crippen LogP contribution in [0.1, 0.15) is 25.7 Å². The lowest BCUT2D eigenvalue weighted by Crippen LogP contribution is -2.39. The Morgan fingerprint density at radius 3 is 2.12 bits per heavy atom. The molecule has 0 aromatic heterocycles. The first-order valence-electron chi connectivity index (χ1n) is 5.83. The van der Waals surface area contributed by atoms with Crippen LogP contribution in [0, 0.1) is 11.8 Å². The zero-order valence-corrected chi connectivity index (χ0v) is 11.0. The number of hydrogen-bond donors (Lipinski definition) is 2. The van der Waals surface area contributed by atoms with Crippen molar-refractivity contribution in [2.45, 2.75) is 25.7 Å². The molecule has 96 valence electrons. The van der Waals surface area contributed by atoms with Gasteiger partial charge in [0.2, 0.25) is 0 Å². The van der Waals surface area contributed by atoms with Gasteiger partial charge in [-0.2, -0.15) is 12.7 Å². The van der Waals surface area contributed by atoms with Gasteiger partial charge < -0.3 is 5.73 Å². The lowest BCUT2D eigenvalue weighted by molar-refractivity contribution is 0.279. The minimum atomic E-state index is -3.26. The van der Waals surface area contributed by atoms with E-state index in [1.807, 2.05) is 0 Å². The monoisotopic (exact) mass is 249 g/mol. The molecule has 0 saturated heterocycles. The van der Waals surface area contributed by atoms with E-state index in [2.05, 4.69) is 4.72 Å². The zero-order chi connectivity index (χ0) is 12.2. The van der Waals surface area contributed by atoms with Gasteiger partial charge in [-0.25, -0.2) is 4.72 Å². The Balaban J connectivity index is 2.30. The van der Waals surface area contributed by atoms with Crippen molar-refractivity contribution in [3.05, 3.63) is 0 Å². The number of nitrogens with one attached hydrogen (secondary N) is 1. The maximum atomic E-state index is 11.5. The van der Waals surface area contributed by atoms with Gasteiger partial charge in [0, 0.05) is 20.6 Å². The van der Waals surface area contributed by atoms with Gasteiger partial charge in [-0.1, -0.05) is 0 Å². The van der Waals surface area contributed by atoms with Crippen molar-refractivity contribution >= 4 is 10.2 Å². The summed E-state index contributed by atoms with van der Waals surface area (Å²) in [6.45, 7) is 1.31. The van der Waals surface area contributed by atoms with Gasteiger partial charge in [-0.05, 0) is 44.1 Å². The number of rotatable bonds is 5. The van der Waals surface area contributed by atoms with Crippen LogP contribution in [0.25, 0.3) is 0 Å². The van der Waals surface area contributed by atoms with Crippen LogP contribution in [0.3, 0.4) is 0 Å². The quantitative estimate of drug-likeness (QED) is 0.728. The van der Waals surface area contributed by atoms with Crippen molar-refractivity contribution in [3.8, 4) is 0 Å². The lowest BCUT2D eigenvalue weighted by atomic mass is 9.82. The fourth-order valence-corrected chi connectivity index (χ4v) is 2.73. The predicted octanol–water partition coefficient (Wildman–Crippen LogP) is 0.148. The number of hydrogen-bond acceptors (Lipinski definition) is 3. The van der Waals surface area contributed by atoms with E-state index in [0.29, 0.717) is 18.4 Å². The molecule has 1 aliphatic carbocycles. The Morgan fingerprint density at radius 2 is 1.69 bits per heavy atom. The predicted molar refractivity (Wildman–Crippen MR) is 65.1 cm³/mol. The molecule has 0 spiro atoms. The summed E-state index contributed by atoms with van der Waals surface area (Å²) < 4.78 is 26.8. The molecule has 0 aromatic rings. The van der Waals surface area contributed by atoms with Gasteiger partial charge in [0.05, 0.1) is 0 Å². The molecule has 3 N–H and O–H groups in total. The van der Waals surface area contributed by atoms with Crippen LogP contribution in [0.15, 0.2) is 0 Å². The SMILES string of the molecule is CN(C)S(=O)(=O)NCC1CCC(CN)CC1. The maximum Gasteiger partial charge on any atom is 0.278 e. The minimum Gasteiger partial charge on any atom is -0.330 e. The molecule has 5 nitrogen and oxygen atoms in total. The topological polar surface area (TPSA) is 75.4 Å². The van der Waals surface area contributed by atoms with Crippen LogP contribution < -0.4 is 10.5 Å². The molecular formula is C10H23N3O2S. The van der Waals surface area contributed by atoms with Crippen LogP contribution in [0.5, 0.6) is 0 Å². The number of nitrogens with two attached hydrogens (primary N) is 1. The molecule has 0 heterocycles. The van der Waals surface area contributed by atoms with Gasteiger partial charge in [0.15, 0.2) is 0 Å². The molecule has 0 bridgehead atoms. The van der Waals surface area contributed by atoms with Crippen molar-refractivity contribution in [1.29, 1.82) is 0 Å². The number of nitrogens with zero attached hydrogens (tertiary/aromatic N) is 1. The summed E-state index contributed by atoms with van der Waals surface area (Å²) in [7, 11) is -0.187. The molecule has 1 aliphatic rings. The van der Waals surface area contributed by atoms with Crippen molar-refractivity contribution in [1.82, 2.24) is 9.03 Å². The van der Waals surface area contributed by atoms with E-state index < -0.39 is 10.2 Å². The summed E-state index contributed by atoms with van der Waals surface area (Å²) in [6.07, 6.45) is 4.42. The Labute approximate surface area is 98.6 Å². The second-order valence-corrected chi connectivity index (χ2v) is 6.73. The van der Waals surface area contributed by atoms with E-state index in [1.165, 1.54) is 18.4 Å². The maximum absolute atomic E-state index is 11.5. The first kappa shape index (κ1) is 13.9. The zero-order valence-electron chi connectivity index (χ0n) is 10.1. The first-order valence-corrected chi connectivity index (χ1v) is 7.27. The largest absolute Gasteiger partial charge is 0.330 e. The minimum absolute atomic E-state index is 0.470. The Hall–Kier alpha value is -0.170. The standard InChI is InChI=1S/C10H23N3O2S/c1-13(2)16(14,15)12-8-10-5-3-9(7-11)4-6-10/h9-10,12H,3-8,11H2,1-2H3.